The molecule has 4 nitrogen and oxygen atoms in total. The van der Waals surface area contributed by atoms with Gasteiger partial charge < -0.3 is 4.74 Å². The average molecular weight is 254 g/mol. The quantitative estimate of drug-likeness (QED) is 0.760. The molecule has 2 heterocycles. The summed E-state index contributed by atoms with van der Waals surface area (Å²) in [6.07, 6.45) is 3.98. The van der Waals surface area contributed by atoms with Crippen molar-refractivity contribution >= 4 is 15.9 Å². The molecule has 1 aromatic rings. The van der Waals surface area contributed by atoms with Crippen molar-refractivity contribution in [1.29, 1.82) is 5.26 Å². The van der Waals surface area contributed by atoms with Crippen molar-refractivity contribution in [3.63, 3.8) is 0 Å². The first-order valence-electron chi connectivity index (χ1n) is 4.24. The lowest BCUT2D eigenvalue weighted by atomic mass is 9.88. The monoisotopic (exact) mass is 253 g/mol. The molecule has 5 heteroatoms. The first-order chi connectivity index (χ1) is 6.77. The molecule has 1 aromatic heterocycles. The minimum atomic E-state index is -0.638. The maximum atomic E-state index is 9.12. The van der Waals surface area contributed by atoms with Crippen molar-refractivity contribution in [2.24, 2.45) is 0 Å². The van der Waals surface area contributed by atoms with Gasteiger partial charge in [0.25, 0.3) is 0 Å². The number of halogens is 1. The van der Waals surface area contributed by atoms with Crippen LogP contribution in [0.3, 0.4) is 0 Å². The van der Waals surface area contributed by atoms with Crippen LogP contribution in [0.2, 0.25) is 0 Å². The third-order valence-corrected chi connectivity index (χ3v) is 2.69. The van der Waals surface area contributed by atoms with E-state index in [1.165, 1.54) is 0 Å². The van der Waals surface area contributed by atoms with Crippen LogP contribution in [0.1, 0.15) is 12.2 Å². The second kappa shape index (κ2) is 3.64. The van der Waals surface area contributed by atoms with Crippen LogP contribution in [0.5, 0.6) is 0 Å². The van der Waals surface area contributed by atoms with Gasteiger partial charge in [-0.05, 0) is 22.4 Å². The SMILES string of the molecule is N#CC1(c2ncc(Br)cn2)CCOC1. The van der Waals surface area contributed by atoms with E-state index in [0.717, 1.165) is 4.47 Å². The van der Waals surface area contributed by atoms with E-state index in [1.807, 2.05) is 0 Å². The molecule has 0 saturated carbocycles. The van der Waals surface area contributed by atoms with Crippen molar-refractivity contribution < 1.29 is 4.74 Å². The molecule has 0 aromatic carbocycles. The van der Waals surface area contributed by atoms with Crippen LogP contribution in [0.25, 0.3) is 0 Å². The average Bonchev–Trinajstić information content (AvgIpc) is 2.68. The standard InChI is InChI=1S/C9H8BrN3O/c10-7-3-12-8(13-4-7)9(5-11)1-2-14-6-9/h3-4H,1-2,6H2. The Kier molecular flexibility index (Phi) is 2.48. The van der Waals surface area contributed by atoms with Crippen molar-refractivity contribution in [3.05, 3.63) is 22.7 Å². The Morgan fingerprint density at radius 1 is 1.50 bits per heavy atom. The highest BCUT2D eigenvalue weighted by molar-refractivity contribution is 9.10. The minimum Gasteiger partial charge on any atom is -0.379 e. The van der Waals surface area contributed by atoms with Crippen molar-refractivity contribution in [2.75, 3.05) is 13.2 Å². The molecule has 0 N–H and O–H groups in total. The van der Waals surface area contributed by atoms with Gasteiger partial charge in [-0.3, -0.25) is 0 Å². The summed E-state index contributed by atoms with van der Waals surface area (Å²) in [6, 6.07) is 2.25. The number of hydrogen-bond donors (Lipinski definition) is 0. The Morgan fingerprint density at radius 3 is 2.71 bits per heavy atom. The zero-order valence-electron chi connectivity index (χ0n) is 7.40. The largest absolute Gasteiger partial charge is 0.379 e. The Hall–Kier alpha value is -0.990. The smallest absolute Gasteiger partial charge is 0.150 e. The fourth-order valence-electron chi connectivity index (χ4n) is 1.44. The molecule has 0 aliphatic carbocycles. The summed E-state index contributed by atoms with van der Waals surface area (Å²) in [6.45, 7) is 0.998. The molecule has 0 radical (unpaired) electrons. The van der Waals surface area contributed by atoms with E-state index >= 15 is 0 Å². The zero-order valence-corrected chi connectivity index (χ0v) is 8.99. The van der Waals surface area contributed by atoms with Gasteiger partial charge in [0.1, 0.15) is 5.41 Å². The molecule has 1 fully saturated rings. The molecule has 72 valence electrons. The van der Waals surface area contributed by atoms with E-state index in [-0.39, 0.29) is 0 Å². The fourth-order valence-corrected chi connectivity index (χ4v) is 1.64. The normalized spacial score (nSPS) is 26.0. The molecule has 1 saturated heterocycles. The number of rotatable bonds is 1. The molecule has 1 aliphatic rings. The zero-order chi connectivity index (χ0) is 10.0. The lowest BCUT2D eigenvalue weighted by Gasteiger charge is -2.15. The highest BCUT2D eigenvalue weighted by Crippen LogP contribution is 2.29. The second-order valence-electron chi connectivity index (χ2n) is 3.22. The number of ether oxygens (including phenoxy) is 1. The van der Waals surface area contributed by atoms with Gasteiger partial charge in [0, 0.05) is 19.0 Å². The lowest BCUT2D eigenvalue weighted by molar-refractivity contribution is 0.185. The van der Waals surface area contributed by atoms with E-state index in [2.05, 4.69) is 32.0 Å². The number of nitriles is 1. The number of hydrogen-bond acceptors (Lipinski definition) is 4. The topological polar surface area (TPSA) is 58.8 Å². The second-order valence-corrected chi connectivity index (χ2v) is 4.14. The first-order valence-corrected chi connectivity index (χ1v) is 5.03. The maximum Gasteiger partial charge on any atom is 0.150 e. The lowest BCUT2D eigenvalue weighted by Crippen LogP contribution is -2.26. The third kappa shape index (κ3) is 1.51. The van der Waals surface area contributed by atoms with Crippen molar-refractivity contribution in [3.8, 4) is 6.07 Å². The van der Waals surface area contributed by atoms with E-state index in [4.69, 9.17) is 10.00 Å². The predicted molar refractivity (Wildman–Crippen MR) is 52.5 cm³/mol. The van der Waals surface area contributed by atoms with Crippen LogP contribution >= 0.6 is 15.9 Å². The summed E-state index contributed by atoms with van der Waals surface area (Å²) >= 11 is 3.25. The molecule has 1 aliphatic heterocycles. The van der Waals surface area contributed by atoms with Gasteiger partial charge in [-0.1, -0.05) is 0 Å². The Morgan fingerprint density at radius 2 is 2.21 bits per heavy atom. The number of nitrogens with zero attached hydrogens (tertiary/aromatic N) is 3. The highest BCUT2D eigenvalue weighted by Gasteiger charge is 2.39. The molecule has 0 bridgehead atoms. The van der Waals surface area contributed by atoms with Crippen LogP contribution in [0.15, 0.2) is 16.9 Å². The summed E-state index contributed by atoms with van der Waals surface area (Å²) in [7, 11) is 0. The van der Waals surface area contributed by atoms with E-state index in [1.54, 1.807) is 12.4 Å². The van der Waals surface area contributed by atoms with Crippen LogP contribution in [-0.4, -0.2) is 23.2 Å². The molecular formula is C9H8BrN3O. The third-order valence-electron chi connectivity index (χ3n) is 2.28. The van der Waals surface area contributed by atoms with Gasteiger partial charge in [-0.15, -0.1) is 0 Å². The molecule has 1 unspecified atom stereocenters. The van der Waals surface area contributed by atoms with Gasteiger partial charge in [0.05, 0.1) is 17.1 Å². The maximum absolute atomic E-state index is 9.12. The van der Waals surface area contributed by atoms with Crippen LogP contribution in [0, 0.1) is 11.3 Å². The predicted octanol–water partition coefficient (Wildman–Crippen LogP) is 1.42. The molecule has 0 spiro atoms. The van der Waals surface area contributed by atoms with Crippen LogP contribution < -0.4 is 0 Å². The summed E-state index contributed by atoms with van der Waals surface area (Å²) in [4.78, 5) is 8.29. The molecule has 0 amide bonds. The Labute approximate surface area is 90.1 Å². The summed E-state index contributed by atoms with van der Waals surface area (Å²) < 4.78 is 6.03. The summed E-state index contributed by atoms with van der Waals surface area (Å²) in [5.41, 5.74) is -0.638. The molecule has 2 rings (SSSR count). The summed E-state index contributed by atoms with van der Waals surface area (Å²) in [5.74, 6) is 0.556. The van der Waals surface area contributed by atoms with Gasteiger partial charge in [-0.25, -0.2) is 9.97 Å². The van der Waals surface area contributed by atoms with Crippen LogP contribution in [-0.2, 0) is 10.2 Å². The van der Waals surface area contributed by atoms with Gasteiger partial charge in [0.15, 0.2) is 5.82 Å². The van der Waals surface area contributed by atoms with E-state index < -0.39 is 5.41 Å². The Bertz CT molecular complexity index is 365. The van der Waals surface area contributed by atoms with Gasteiger partial charge in [-0.2, -0.15) is 5.26 Å². The number of aromatic nitrogens is 2. The fraction of sp³-hybridized carbons (Fsp3) is 0.444. The molecule has 1 atom stereocenters. The van der Waals surface area contributed by atoms with Gasteiger partial charge >= 0.3 is 0 Å². The van der Waals surface area contributed by atoms with Gasteiger partial charge in [0.2, 0.25) is 0 Å². The molecule has 14 heavy (non-hydrogen) atoms. The van der Waals surface area contributed by atoms with Crippen LogP contribution in [0.4, 0.5) is 0 Å². The van der Waals surface area contributed by atoms with Crippen molar-refractivity contribution in [1.82, 2.24) is 9.97 Å². The van der Waals surface area contributed by atoms with E-state index in [0.29, 0.717) is 25.5 Å². The first kappa shape index (κ1) is 9.56. The Balaban J connectivity index is 2.37. The summed E-state index contributed by atoms with van der Waals surface area (Å²) in [5, 5.41) is 9.12. The van der Waals surface area contributed by atoms with E-state index in [9.17, 15) is 0 Å². The molecular weight excluding hydrogens is 246 g/mol. The van der Waals surface area contributed by atoms with Crippen molar-refractivity contribution in [2.45, 2.75) is 11.8 Å². The minimum absolute atomic E-state index is 0.394. The highest BCUT2D eigenvalue weighted by atomic mass is 79.9.